The fourth-order valence-corrected chi connectivity index (χ4v) is 4.74. The van der Waals surface area contributed by atoms with Gasteiger partial charge in [-0.25, -0.2) is 13.8 Å². The number of carbonyl (C=O) groups is 1. The van der Waals surface area contributed by atoms with Gasteiger partial charge in [0.2, 0.25) is 0 Å². The van der Waals surface area contributed by atoms with Crippen LogP contribution in [-0.4, -0.2) is 40.3 Å². The standard InChI is InChI=1S/C27H29N3O5S/c1-4-16-35-25-15-14-22(18-26(25)34-5-2)19-28-29-27(31)20-30(23-11-9-10-21(3)17-23)36(32,33)24-12-7-6-8-13-24/h4,6-15,17-19H,1,5,16,20H2,2-3H3,(H,29,31)/b28-19-. The van der Waals surface area contributed by atoms with Gasteiger partial charge < -0.3 is 9.47 Å². The molecular weight excluding hydrogens is 478 g/mol. The lowest BCUT2D eigenvalue weighted by Crippen LogP contribution is -2.39. The molecule has 3 aromatic rings. The minimum Gasteiger partial charge on any atom is -0.490 e. The number of anilines is 1. The Morgan fingerprint density at radius 3 is 2.50 bits per heavy atom. The maximum absolute atomic E-state index is 13.4. The molecule has 0 spiro atoms. The Labute approximate surface area is 211 Å². The van der Waals surface area contributed by atoms with Gasteiger partial charge in [0.1, 0.15) is 13.2 Å². The number of sulfonamides is 1. The van der Waals surface area contributed by atoms with E-state index in [0.29, 0.717) is 36.0 Å². The summed E-state index contributed by atoms with van der Waals surface area (Å²) < 4.78 is 39.0. The number of nitrogens with one attached hydrogen (secondary N) is 1. The van der Waals surface area contributed by atoms with E-state index in [1.807, 2.05) is 19.9 Å². The van der Waals surface area contributed by atoms with Crippen molar-refractivity contribution in [1.82, 2.24) is 5.43 Å². The Morgan fingerprint density at radius 1 is 1.03 bits per heavy atom. The van der Waals surface area contributed by atoms with Gasteiger partial charge in [0.05, 0.1) is 23.4 Å². The molecule has 1 N–H and O–H groups in total. The molecule has 8 nitrogen and oxygen atoms in total. The van der Waals surface area contributed by atoms with Crippen molar-refractivity contribution < 1.29 is 22.7 Å². The van der Waals surface area contributed by atoms with Crippen molar-refractivity contribution in [2.24, 2.45) is 5.10 Å². The van der Waals surface area contributed by atoms with Gasteiger partial charge in [0.15, 0.2) is 11.5 Å². The Balaban J connectivity index is 1.77. The van der Waals surface area contributed by atoms with Gasteiger partial charge in [-0.2, -0.15) is 5.10 Å². The number of hydrogen-bond acceptors (Lipinski definition) is 6. The summed E-state index contributed by atoms with van der Waals surface area (Å²) in [6.07, 6.45) is 3.08. The molecule has 0 aromatic heterocycles. The number of amides is 1. The van der Waals surface area contributed by atoms with E-state index in [0.717, 1.165) is 9.87 Å². The van der Waals surface area contributed by atoms with E-state index >= 15 is 0 Å². The van der Waals surface area contributed by atoms with E-state index in [9.17, 15) is 13.2 Å². The fraction of sp³-hybridized carbons (Fsp3) is 0.185. The van der Waals surface area contributed by atoms with Crippen LogP contribution in [0.15, 0.2) is 95.4 Å². The largest absolute Gasteiger partial charge is 0.490 e. The molecule has 0 saturated heterocycles. The quantitative estimate of drug-likeness (QED) is 0.224. The maximum atomic E-state index is 13.4. The number of aryl methyl sites for hydroxylation is 1. The van der Waals surface area contributed by atoms with Crippen LogP contribution in [0.2, 0.25) is 0 Å². The Kier molecular flexibility index (Phi) is 9.24. The van der Waals surface area contributed by atoms with Crippen LogP contribution in [-0.2, 0) is 14.8 Å². The van der Waals surface area contributed by atoms with Gasteiger partial charge in [0, 0.05) is 0 Å². The Morgan fingerprint density at radius 2 is 1.81 bits per heavy atom. The zero-order valence-electron chi connectivity index (χ0n) is 20.3. The molecule has 188 valence electrons. The van der Waals surface area contributed by atoms with E-state index in [1.54, 1.807) is 60.7 Å². The van der Waals surface area contributed by atoms with Gasteiger partial charge in [-0.05, 0) is 67.4 Å². The first-order valence-electron chi connectivity index (χ1n) is 11.3. The molecule has 0 atom stereocenters. The molecule has 3 aromatic carbocycles. The zero-order chi connectivity index (χ0) is 26.0. The third-order valence-electron chi connectivity index (χ3n) is 4.94. The van der Waals surface area contributed by atoms with Crippen LogP contribution < -0.4 is 19.2 Å². The highest BCUT2D eigenvalue weighted by atomic mass is 32.2. The summed E-state index contributed by atoms with van der Waals surface area (Å²) in [4.78, 5) is 12.8. The summed E-state index contributed by atoms with van der Waals surface area (Å²) in [7, 11) is -3.98. The molecule has 0 aliphatic rings. The first-order chi connectivity index (χ1) is 17.3. The lowest BCUT2D eigenvalue weighted by Gasteiger charge is -2.24. The first kappa shape index (κ1) is 26.5. The molecule has 0 aliphatic heterocycles. The highest BCUT2D eigenvalue weighted by Gasteiger charge is 2.27. The third kappa shape index (κ3) is 6.96. The fourth-order valence-electron chi connectivity index (χ4n) is 3.30. The summed E-state index contributed by atoms with van der Waals surface area (Å²) in [6, 6.07) is 20.2. The highest BCUT2D eigenvalue weighted by Crippen LogP contribution is 2.28. The molecule has 0 radical (unpaired) electrons. The number of carbonyl (C=O) groups excluding carboxylic acids is 1. The summed E-state index contributed by atoms with van der Waals surface area (Å²) >= 11 is 0. The monoisotopic (exact) mass is 507 g/mol. The van der Waals surface area contributed by atoms with Crippen molar-refractivity contribution in [3.63, 3.8) is 0 Å². The molecule has 36 heavy (non-hydrogen) atoms. The normalized spacial score (nSPS) is 11.2. The van der Waals surface area contributed by atoms with Crippen molar-refractivity contribution in [2.45, 2.75) is 18.7 Å². The number of rotatable bonds is 12. The van der Waals surface area contributed by atoms with E-state index in [1.165, 1.54) is 18.3 Å². The molecule has 0 fully saturated rings. The molecule has 0 unspecified atom stereocenters. The summed E-state index contributed by atoms with van der Waals surface area (Å²) in [5, 5.41) is 4.00. The number of ether oxygens (including phenoxy) is 2. The maximum Gasteiger partial charge on any atom is 0.264 e. The van der Waals surface area contributed by atoms with E-state index in [4.69, 9.17) is 9.47 Å². The summed E-state index contributed by atoms with van der Waals surface area (Å²) in [6.45, 7) is 7.69. The van der Waals surface area contributed by atoms with Crippen molar-refractivity contribution in [3.05, 3.63) is 96.6 Å². The second kappa shape index (κ2) is 12.6. The number of hydrogen-bond donors (Lipinski definition) is 1. The van der Waals surface area contributed by atoms with Crippen molar-refractivity contribution in [2.75, 3.05) is 24.1 Å². The molecule has 0 heterocycles. The highest BCUT2D eigenvalue weighted by molar-refractivity contribution is 7.92. The number of nitrogens with zero attached hydrogens (tertiary/aromatic N) is 2. The van der Waals surface area contributed by atoms with Gasteiger partial charge in [-0.3, -0.25) is 9.10 Å². The van der Waals surface area contributed by atoms with Gasteiger partial charge in [-0.1, -0.05) is 43.0 Å². The van der Waals surface area contributed by atoms with E-state index < -0.39 is 22.5 Å². The SMILES string of the molecule is C=CCOc1ccc(/C=N\NC(=O)CN(c2cccc(C)c2)S(=O)(=O)c2ccccc2)cc1OCC. The lowest BCUT2D eigenvalue weighted by molar-refractivity contribution is -0.119. The average Bonchev–Trinajstić information content (AvgIpc) is 2.87. The zero-order valence-corrected chi connectivity index (χ0v) is 21.1. The van der Waals surface area contributed by atoms with Crippen LogP contribution in [0, 0.1) is 6.92 Å². The van der Waals surface area contributed by atoms with Gasteiger partial charge in [-0.15, -0.1) is 0 Å². The molecule has 0 saturated carbocycles. The van der Waals surface area contributed by atoms with E-state index in [-0.39, 0.29) is 4.90 Å². The average molecular weight is 508 g/mol. The minimum atomic E-state index is -3.98. The van der Waals surface area contributed by atoms with Gasteiger partial charge in [0.25, 0.3) is 15.9 Å². The first-order valence-corrected chi connectivity index (χ1v) is 12.8. The third-order valence-corrected chi connectivity index (χ3v) is 6.72. The molecule has 0 aliphatic carbocycles. The number of benzene rings is 3. The number of hydrazone groups is 1. The van der Waals surface area contributed by atoms with Gasteiger partial charge >= 0.3 is 0 Å². The van der Waals surface area contributed by atoms with Crippen LogP contribution in [0.4, 0.5) is 5.69 Å². The second-order valence-electron chi connectivity index (χ2n) is 7.70. The molecule has 0 bridgehead atoms. The van der Waals surface area contributed by atoms with Crippen LogP contribution in [0.1, 0.15) is 18.1 Å². The molecule has 3 rings (SSSR count). The minimum absolute atomic E-state index is 0.0880. The van der Waals surface area contributed by atoms with Crippen LogP contribution in [0.5, 0.6) is 11.5 Å². The van der Waals surface area contributed by atoms with Crippen LogP contribution in [0.3, 0.4) is 0 Å². The summed E-state index contributed by atoms with van der Waals surface area (Å²) in [5.41, 5.74) is 4.32. The van der Waals surface area contributed by atoms with Crippen molar-refractivity contribution in [1.29, 1.82) is 0 Å². The topological polar surface area (TPSA) is 97.3 Å². The predicted molar refractivity (Wildman–Crippen MR) is 141 cm³/mol. The van der Waals surface area contributed by atoms with Crippen molar-refractivity contribution >= 4 is 27.8 Å². The van der Waals surface area contributed by atoms with E-state index in [2.05, 4.69) is 17.1 Å². The Bertz CT molecular complexity index is 1320. The summed E-state index contributed by atoms with van der Waals surface area (Å²) in [5.74, 6) is 0.510. The smallest absolute Gasteiger partial charge is 0.264 e. The molecule has 1 amide bonds. The van der Waals surface area contributed by atoms with Crippen LogP contribution in [0.25, 0.3) is 0 Å². The second-order valence-corrected chi connectivity index (χ2v) is 9.56. The predicted octanol–water partition coefficient (Wildman–Crippen LogP) is 4.30. The molecule has 9 heteroatoms. The molecular formula is C27H29N3O5S. The van der Waals surface area contributed by atoms with Crippen molar-refractivity contribution in [3.8, 4) is 11.5 Å². The lowest BCUT2D eigenvalue weighted by atomic mass is 10.2. The Hall–Kier alpha value is -4.11. The van der Waals surface area contributed by atoms with Crippen LogP contribution >= 0.6 is 0 Å².